The molecule has 0 bridgehead atoms. The van der Waals surface area contributed by atoms with Gasteiger partial charge in [-0.2, -0.15) is 0 Å². The van der Waals surface area contributed by atoms with Crippen LogP contribution in [0.15, 0.2) is 22.5 Å². The van der Waals surface area contributed by atoms with Crippen LogP contribution in [0.5, 0.6) is 0 Å². The maximum Gasteiger partial charge on any atom is 0.191 e. The Hall–Kier alpha value is -1.07. The molecule has 2 heterocycles. The highest BCUT2D eigenvalue weighted by Gasteiger charge is 2.19. The van der Waals surface area contributed by atoms with E-state index in [1.165, 1.54) is 30.8 Å². The van der Waals surface area contributed by atoms with Crippen molar-refractivity contribution in [3.05, 3.63) is 22.4 Å². The van der Waals surface area contributed by atoms with Crippen molar-refractivity contribution in [3.63, 3.8) is 0 Å². The van der Waals surface area contributed by atoms with E-state index in [1.54, 1.807) is 0 Å². The number of hydrogen-bond acceptors (Lipinski definition) is 3. The van der Waals surface area contributed by atoms with Crippen LogP contribution >= 0.6 is 11.3 Å². The molecule has 0 spiro atoms. The highest BCUT2D eigenvalue weighted by atomic mass is 32.1. The molecule has 0 unspecified atom stereocenters. The van der Waals surface area contributed by atoms with Gasteiger partial charge in [0.15, 0.2) is 5.96 Å². The van der Waals surface area contributed by atoms with Gasteiger partial charge >= 0.3 is 0 Å². The Morgan fingerprint density at radius 2 is 2.19 bits per heavy atom. The van der Waals surface area contributed by atoms with Gasteiger partial charge in [-0.1, -0.05) is 6.07 Å². The summed E-state index contributed by atoms with van der Waals surface area (Å²) in [6.07, 6.45) is 2.55. The predicted molar refractivity (Wildman–Crippen MR) is 92.0 cm³/mol. The summed E-state index contributed by atoms with van der Waals surface area (Å²) in [7, 11) is 1.83. The maximum absolute atomic E-state index is 4.26. The third-order valence-corrected chi connectivity index (χ3v) is 4.74. The molecule has 2 N–H and O–H groups in total. The number of aliphatic imine (C=N–C) groups is 1. The first-order chi connectivity index (χ1) is 10.2. The van der Waals surface area contributed by atoms with Gasteiger partial charge in [0.05, 0.1) is 0 Å². The quantitative estimate of drug-likeness (QED) is 0.649. The minimum absolute atomic E-state index is 0.420. The number of rotatable bonds is 5. The zero-order chi connectivity index (χ0) is 15.1. The number of hydrogen-bond donors (Lipinski definition) is 2. The number of thiophene rings is 1. The van der Waals surface area contributed by atoms with Crippen LogP contribution < -0.4 is 10.6 Å². The lowest BCUT2D eigenvalue weighted by Gasteiger charge is -2.32. The summed E-state index contributed by atoms with van der Waals surface area (Å²) in [6, 6.07) is 4.80. The van der Waals surface area contributed by atoms with Crippen LogP contribution in [0.3, 0.4) is 0 Å². The van der Waals surface area contributed by atoms with E-state index in [2.05, 4.69) is 51.9 Å². The molecule has 0 atom stereocenters. The van der Waals surface area contributed by atoms with E-state index in [0.29, 0.717) is 6.04 Å². The molecule has 4 nitrogen and oxygen atoms in total. The molecular formula is C16H28N4S. The van der Waals surface area contributed by atoms with Crippen molar-refractivity contribution in [1.29, 1.82) is 0 Å². The van der Waals surface area contributed by atoms with Crippen molar-refractivity contribution in [2.45, 2.75) is 39.3 Å². The molecule has 0 aromatic carbocycles. The highest BCUT2D eigenvalue weighted by molar-refractivity contribution is 7.09. The van der Waals surface area contributed by atoms with E-state index in [-0.39, 0.29) is 0 Å². The fraction of sp³-hybridized carbons (Fsp3) is 0.688. The van der Waals surface area contributed by atoms with Crippen LogP contribution in [0.1, 0.15) is 31.6 Å². The molecule has 0 saturated carbocycles. The van der Waals surface area contributed by atoms with E-state index < -0.39 is 0 Å². The summed E-state index contributed by atoms with van der Waals surface area (Å²) < 4.78 is 0. The number of piperidine rings is 1. The number of likely N-dealkylation sites (tertiary alicyclic amines) is 1. The van der Waals surface area contributed by atoms with Crippen LogP contribution in [0, 0.1) is 5.92 Å². The Morgan fingerprint density at radius 3 is 2.76 bits per heavy atom. The molecule has 5 heteroatoms. The molecular weight excluding hydrogens is 280 g/mol. The fourth-order valence-electron chi connectivity index (χ4n) is 2.68. The van der Waals surface area contributed by atoms with Crippen molar-refractivity contribution in [3.8, 4) is 0 Å². The van der Waals surface area contributed by atoms with E-state index in [9.17, 15) is 0 Å². The minimum atomic E-state index is 0.420. The van der Waals surface area contributed by atoms with Crippen molar-refractivity contribution < 1.29 is 0 Å². The first-order valence-corrected chi connectivity index (χ1v) is 8.77. The summed E-state index contributed by atoms with van der Waals surface area (Å²) in [6.45, 7) is 8.83. The van der Waals surface area contributed by atoms with Gasteiger partial charge in [0.2, 0.25) is 0 Å². The van der Waals surface area contributed by atoms with Gasteiger partial charge in [-0.05, 0) is 57.1 Å². The topological polar surface area (TPSA) is 39.7 Å². The first-order valence-electron chi connectivity index (χ1n) is 7.89. The van der Waals surface area contributed by atoms with Crippen molar-refractivity contribution >= 4 is 17.3 Å². The smallest absolute Gasteiger partial charge is 0.191 e. The molecule has 0 radical (unpaired) electrons. The zero-order valence-electron chi connectivity index (χ0n) is 13.4. The molecule has 1 aromatic rings. The largest absolute Gasteiger partial charge is 0.356 e. The molecule has 1 saturated heterocycles. The maximum atomic E-state index is 4.26. The molecule has 0 amide bonds. The van der Waals surface area contributed by atoms with E-state index in [1.807, 2.05) is 18.4 Å². The summed E-state index contributed by atoms with van der Waals surface area (Å²) in [5.41, 5.74) is 0. The molecule has 2 rings (SSSR count). The molecule has 0 aliphatic carbocycles. The fourth-order valence-corrected chi connectivity index (χ4v) is 3.43. The molecule has 1 fully saturated rings. The Kier molecular flexibility index (Phi) is 6.51. The monoisotopic (exact) mass is 308 g/mol. The second kappa shape index (κ2) is 8.39. The van der Waals surface area contributed by atoms with E-state index >= 15 is 0 Å². The van der Waals surface area contributed by atoms with Crippen LogP contribution in [0.2, 0.25) is 0 Å². The van der Waals surface area contributed by atoms with Gasteiger partial charge in [0, 0.05) is 31.1 Å². The lowest BCUT2D eigenvalue weighted by atomic mass is 9.97. The molecule has 1 aliphatic heterocycles. The average molecular weight is 308 g/mol. The van der Waals surface area contributed by atoms with Crippen LogP contribution in [-0.4, -0.2) is 43.6 Å². The Labute approximate surface area is 132 Å². The third-order valence-electron chi connectivity index (χ3n) is 3.87. The Balaban J connectivity index is 1.67. The van der Waals surface area contributed by atoms with Gasteiger partial charge in [0.1, 0.15) is 0 Å². The summed E-state index contributed by atoms with van der Waals surface area (Å²) in [4.78, 5) is 8.32. The molecule has 1 aliphatic rings. The van der Waals surface area contributed by atoms with Crippen molar-refractivity contribution in [2.24, 2.45) is 10.9 Å². The number of nitrogens with one attached hydrogen (secondary N) is 2. The number of nitrogens with zero attached hydrogens (tertiary/aromatic N) is 2. The second-order valence-electron chi connectivity index (χ2n) is 6.05. The molecule has 118 valence electrons. The van der Waals surface area contributed by atoms with Gasteiger partial charge < -0.3 is 10.6 Å². The average Bonchev–Trinajstić information content (AvgIpc) is 2.97. The lowest BCUT2D eigenvalue weighted by molar-refractivity contribution is 0.179. The number of guanidine groups is 1. The Bertz CT molecular complexity index is 419. The lowest BCUT2D eigenvalue weighted by Crippen LogP contribution is -2.44. The normalized spacial score (nSPS) is 18.2. The van der Waals surface area contributed by atoms with Crippen LogP contribution in [-0.2, 0) is 6.54 Å². The van der Waals surface area contributed by atoms with Gasteiger partial charge in [-0.15, -0.1) is 11.3 Å². The highest BCUT2D eigenvalue weighted by Crippen LogP contribution is 2.20. The molecule has 21 heavy (non-hydrogen) atoms. The van der Waals surface area contributed by atoms with Crippen molar-refractivity contribution in [1.82, 2.24) is 15.5 Å². The molecule has 1 aromatic heterocycles. The first kappa shape index (κ1) is 16.3. The summed E-state index contributed by atoms with van der Waals surface area (Å²) in [5.74, 6) is 1.68. The van der Waals surface area contributed by atoms with E-state index in [4.69, 9.17) is 0 Å². The van der Waals surface area contributed by atoms with Gasteiger partial charge in [0.25, 0.3) is 0 Å². The SMILES string of the molecule is CN=C(NCC1CCN(Cc2cccs2)CC1)NC(C)C. The van der Waals surface area contributed by atoms with Crippen LogP contribution in [0.25, 0.3) is 0 Å². The van der Waals surface area contributed by atoms with E-state index in [0.717, 1.165) is 25.0 Å². The standard InChI is InChI=1S/C16H28N4S/c1-13(2)19-16(17-3)18-11-14-6-8-20(9-7-14)12-15-5-4-10-21-15/h4-5,10,13-14H,6-9,11-12H2,1-3H3,(H2,17,18,19). The minimum Gasteiger partial charge on any atom is -0.356 e. The predicted octanol–water partition coefficient (Wildman–Crippen LogP) is 2.53. The summed E-state index contributed by atoms with van der Waals surface area (Å²) >= 11 is 1.86. The Morgan fingerprint density at radius 1 is 1.43 bits per heavy atom. The van der Waals surface area contributed by atoms with Crippen LogP contribution in [0.4, 0.5) is 0 Å². The van der Waals surface area contributed by atoms with Gasteiger partial charge in [-0.3, -0.25) is 9.89 Å². The second-order valence-corrected chi connectivity index (χ2v) is 7.08. The summed E-state index contributed by atoms with van der Waals surface area (Å²) in [5, 5.41) is 8.96. The third kappa shape index (κ3) is 5.67. The van der Waals surface area contributed by atoms with Gasteiger partial charge in [-0.25, -0.2) is 0 Å². The zero-order valence-corrected chi connectivity index (χ0v) is 14.2. The van der Waals surface area contributed by atoms with Crippen molar-refractivity contribution in [2.75, 3.05) is 26.7 Å².